The van der Waals surface area contributed by atoms with E-state index >= 15 is 0 Å². The highest BCUT2D eigenvalue weighted by Gasteiger charge is 2.28. The second-order valence-electron chi connectivity index (χ2n) is 7.92. The van der Waals surface area contributed by atoms with Gasteiger partial charge in [0.2, 0.25) is 6.41 Å². The molecule has 1 aliphatic rings. The number of nitrogens with zero attached hydrogens (tertiary/aromatic N) is 4. The SMILES string of the molecule is COc1ccc(Oc2cccc(N(C)c3cnccc3N(C=O)C3CCN(C)C3)c2)cc1. The van der Waals surface area contributed by atoms with Crippen molar-refractivity contribution in [1.29, 1.82) is 0 Å². The number of aromatic nitrogens is 1. The maximum atomic E-state index is 12.1. The molecule has 0 bridgehead atoms. The molecule has 0 radical (unpaired) electrons. The van der Waals surface area contributed by atoms with Gasteiger partial charge in [-0.1, -0.05) is 6.07 Å². The highest BCUT2D eigenvalue weighted by Crippen LogP contribution is 2.36. The second-order valence-corrected chi connectivity index (χ2v) is 7.92. The van der Waals surface area contributed by atoms with Gasteiger partial charge in [0.05, 0.1) is 30.7 Å². The lowest BCUT2D eigenvalue weighted by Crippen LogP contribution is -2.37. The van der Waals surface area contributed by atoms with Gasteiger partial charge in [0.25, 0.3) is 0 Å². The number of amides is 1. The minimum atomic E-state index is 0.150. The van der Waals surface area contributed by atoms with Crippen LogP contribution in [0.1, 0.15) is 6.42 Å². The van der Waals surface area contributed by atoms with Gasteiger partial charge in [0, 0.05) is 31.5 Å². The van der Waals surface area contributed by atoms with Crippen molar-refractivity contribution in [1.82, 2.24) is 9.88 Å². The first-order chi connectivity index (χ1) is 15.6. The van der Waals surface area contributed by atoms with Gasteiger partial charge < -0.3 is 24.2 Å². The zero-order valence-electron chi connectivity index (χ0n) is 18.6. The molecular weight excluding hydrogens is 404 g/mol. The van der Waals surface area contributed by atoms with Crippen LogP contribution in [0.5, 0.6) is 17.2 Å². The first-order valence-corrected chi connectivity index (χ1v) is 10.6. The van der Waals surface area contributed by atoms with E-state index in [9.17, 15) is 4.79 Å². The fraction of sp³-hybridized carbons (Fsp3) is 0.280. The fourth-order valence-corrected chi connectivity index (χ4v) is 4.01. The summed E-state index contributed by atoms with van der Waals surface area (Å²) in [4.78, 5) is 22.5. The van der Waals surface area contributed by atoms with Crippen molar-refractivity contribution in [3.8, 4) is 17.2 Å². The third-order valence-electron chi connectivity index (χ3n) is 5.79. The molecule has 0 spiro atoms. The standard InChI is InChI=1S/C25H28N4O3/c1-27-14-12-20(17-27)29(18-30)24-11-13-26-16-25(24)28(2)19-5-4-6-23(15-19)32-22-9-7-21(31-3)8-10-22/h4-11,13,15-16,18,20H,12,14,17H2,1-3H3. The summed E-state index contributed by atoms with van der Waals surface area (Å²) in [5, 5.41) is 0. The summed E-state index contributed by atoms with van der Waals surface area (Å²) in [6.07, 6.45) is 5.40. The number of hydrogen-bond donors (Lipinski definition) is 0. The van der Waals surface area contributed by atoms with Gasteiger partial charge in [-0.25, -0.2) is 0 Å². The molecule has 7 nitrogen and oxygen atoms in total. The Morgan fingerprint density at radius 2 is 1.84 bits per heavy atom. The lowest BCUT2D eigenvalue weighted by molar-refractivity contribution is -0.107. The molecule has 4 rings (SSSR count). The molecule has 1 aliphatic heterocycles. The topological polar surface area (TPSA) is 58.1 Å². The summed E-state index contributed by atoms with van der Waals surface area (Å²) in [7, 11) is 5.69. The van der Waals surface area contributed by atoms with Crippen LogP contribution in [0.3, 0.4) is 0 Å². The van der Waals surface area contributed by atoms with Gasteiger partial charge in [0.15, 0.2) is 0 Å². The minimum absolute atomic E-state index is 0.150. The van der Waals surface area contributed by atoms with E-state index in [-0.39, 0.29) is 6.04 Å². The zero-order valence-corrected chi connectivity index (χ0v) is 18.6. The van der Waals surface area contributed by atoms with Gasteiger partial charge in [-0.3, -0.25) is 9.78 Å². The Balaban J connectivity index is 1.59. The van der Waals surface area contributed by atoms with E-state index in [1.54, 1.807) is 19.5 Å². The zero-order chi connectivity index (χ0) is 22.5. The fourth-order valence-electron chi connectivity index (χ4n) is 4.01. The van der Waals surface area contributed by atoms with Crippen LogP contribution in [0.4, 0.5) is 17.1 Å². The number of anilines is 3. The maximum Gasteiger partial charge on any atom is 0.214 e. The van der Waals surface area contributed by atoms with Gasteiger partial charge in [0.1, 0.15) is 17.2 Å². The number of hydrogen-bond acceptors (Lipinski definition) is 6. The van der Waals surface area contributed by atoms with Gasteiger partial charge in [-0.15, -0.1) is 0 Å². The Bertz CT molecular complexity index is 1060. The van der Waals surface area contributed by atoms with E-state index in [1.165, 1.54) is 0 Å². The minimum Gasteiger partial charge on any atom is -0.497 e. The van der Waals surface area contributed by atoms with E-state index in [0.717, 1.165) is 60.2 Å². The number of carbonyl (C=O) groups excluding carboxylic acids is 1. The Labute approximate surface area is 188 Å². The Kier molecular flexibility index (Phi) is 6.56. The molecule has 0 saturated carbocycles. The number of rotatable bonds is 8. The van der Waals surface area contributed by atoms with E-state index in [2.05, 4.69) is 16.9 Å². The van der Waals surface area contributed by atoms with Crippen molar-refractivity contribution in [2.75, 3.05) is 44.1 Å². The van der Waals surface area contributed by atoms with E-state index in [0.29, 0.717) is 0 Å². The van der Waals surface area contributed by atoms with Gasteiger partial charge in [-0.05, 0) is 62.5 Å². The molecule has 1 aromatic heterocycles. The third kappa shape index (κ3) is 4.68. The number of benzene rings is 2. The molecule has 1 amide bonds. The van der Waals surface area contributed by atoms with Crippen LogP contribution in [0, 0.1) is 0 Å². The summed E-state index contributed by atoms with van der Waals surface area (Å²) in [5.74, 6) is 2.22. The molecule has 166 valence electrons. The molecule has 1 saturated heterocycles. The van der Waals surface area contributed by atoms with Crippen LogP contribution in [0.25, 0.3) is 0 Å². The molecule has 32 heavy (non-hydrogen) atoms. The Morgan fingerprint density at radius 3 is 2.53 bits per heavy atom. The molecule has 0 aliphatic carbocycles. The molecule has 7 heteroatoms. The lowest BCUT2D eigenvalue weighted by atomic mass is 10.2. The molecule has 1 atom stereocenters. The van der Waals surface area contributed by atoms with Crippen molar-refractivity contribution in [2.24, 2.45) is 0 Å². The molecule has 1 unspecified atom stereocenters. The predicted octanol–water partition coefficient (Wildman–Crippen LogP) is 4.32. The number of pyridine rings is 1. The average molecular weight is 433 g/mol. The quantitative estimate of drug-likeness (QED) is 0.494. The van der Waals surface area contributed by atoms with Crippen LogP contribution in [-0.4, -0.2) is 56.6 Å². The molecule has 2 aromatic carbocycles. The molecule has 3 aromatic rings. The number of methoxy groups -OCH3 is 1. The summed E-state index contributed by atoms with van der Waals surface area (Å²) >= 11 is 0. The van der Waals surface area contributed by atoms with Crippen molar-refractivity contribution in [3.63, 3.8) is 0 Å². The largest absolute Gasteiger partial charge is 0.497 e. The highest BCUT2D eigenvalue weighted by atomic mass is 16.5. The Hall–Kier alpha value is -3.58. The maximum absolute atomic E-state index is 12.1. The number of likely N-dealkylation sites (tertiary alicyclic amines) is 1. The van der Waals surface area contributed by atoms with Gasteiger partial charge in [-0.2, -0.15) is 0 Å². The van der Waals surface area contributed by atoms with Crippen molar-refractivity contribution >= 4 is 23.5 Å². The van der Waals surface area contributed by atoms with Crippen molar-refractivity contribution in [2.45, 2.75) is 12.5 Å². The van der Waals surface area contributed by atoms with E-state index < -0.39 is 0 Å². The molecule has 1 fully saturated rings. The first kappa shape index (κ1) is 21.6. The van der Waals surface area contributed by atoms with Crippen molar-refractivity contribution < 1.29 is 14.3 Å². The predicted molar refractivity (Wildman–Crippen MR) is 126 cm³/mol. The van der Waals surface area contributed by atoms with Gasteiger partial charge >= 0.3 is 0 Å². The molecular formula is C25H28N4O3. The normalized spacial score (nSPS) is 15.9. The number of carbonyl (C=O) groups is 1. The Morgan fingerprint density at radius 1 is 1.06 bits per heavy atom. The van der Waals surface area contributed by atoms with Crippen molar-refractivity contribution in [3.05, 3.63) is 67.0 Å². The third-order valence-corrected chi connectivity index (χ3v) is 5.79. The molecule has 0 N–H and O–H groups in total. The average Bonchev–Trinajstić information content (AvgIpc) is 3.26. The smallest absolute Gasteiger partial charge is 0.214 e. The summed E-state index contributed by atoms with van der Waals surface area (Å²) in [6.45, 7) is 1.84. The van der Waals surface area contributed by atoms with E-state index in [1.807, 2.05) is 71.4 Å². The van der Waals surface area contributed by atoms with Crippen LogP contribution in [0.2, 0.25) is 0 Å². The summed E-state index contributed by atoms with van der Waals surface area (Å²) in [6, 6.07) is 17.4. The lowest BCUT2D eigenvalue weighted by Gasteiger charge is -2.30. The van der Waals surface area contributed by atoms with E-state index in [4.69, 9.17) is 9.47 Å². The number of ether oxygens (including phenoxy) is 2. The monoisotopic (exact) mass is 432 g/mol. The van der Waals surface area contributed by atoms with Crippen LogP contribution >= 0.6 is 0 Å². The first-order valence-electron chi connectivity index (χ1n) is 10.6. The number of likely N-dealkylation sites (N-methyl/N-ethyl adjacent to an activating group) is 1. The highest BCUT2D eigenvalue weighted by molar-refractivity contribution is 5.86. The molecule has 2 heterocycles. The van der Waals surface area contributed by atoms with Crippen LogP contribution < -0.4 is 19.3 Å². The van der Waals surface area contributed by atoms with Crippen LogP contribution in [-0.2, 0) is 4.79 Å². The summed E-state index contributed by atoms with van der Waals surface area (Å²) < 4.78 is 11.2. The summed E-state index contributed by atoms with van der Waals surface area (Å²) in [5.41, 5.74) is 2.63. The van der Waals surface area contributed by atoms with Crippen LogP contribution in [0.15, 0.2) is 67.0 Å². The second kappa shape index (κ2) is 9.70.